The molecule has 88 valence electrons. The van der Waals surface area contributed by atoms with E-state index in [-0.39, 0.29) is 0 Å². The summed E-state index contributed by atoms with van der Waals surface area (Å²) in [5, 5.41) is 12.5. The van der Waals surface area contributed by atoms with Crippen LogP contribution in [0.3, 0.4) is 0 Å². The second-order valence-electron chi connectivity index (χ2n) is 3.78. The van der Waals surface area contributed by atoms with E-state index in [1.54, 1.807) is 0 Å². The molecule has 0 radical (unpaired) electrons. The SMILES string of the molecule is CCOc1cc(Br)c2c3c(C)n[nH]c3nn2c1. The molecule has 0 atom stereocenters. The Bertz CT molecular complexity index is 700. The maximum Gasteiger partial charge on any atom is 0.178 e. The third-order valence-corrected chi connectivity index (χ3v) is 3.26. The van der Waals surface area contributed by atoms with E-state index in [0.717, 1.165) is 32.5 Å². The third-order valence-electron chi connectivity index (χ3n) is 2.66. The van der Waals surface area contributed by atoms with Crippen LogP contribution in [0.15, 0.2) is 16.7 Å². The fourth-order valence-corrected chi connectivity index (χ4v) is 2.57. The predicted octanol–water partition coefficient (Wildman–Crippen LogP) is 2.68. The Balaban J connectivity index is 2.37. The molecule has 0 bridgehead atoms. The number of hydrogen-bond acceptors (Lipinski definition) is 3. The second-order valence-corrected chi connectivity index (χ2v) is 4.64. The summed E-state index contributed by atoms with van der Waals surface area (Å²) in [5.74, 6) is 0.794. The molecule has 1 N–H and O–H groups in total. The summed E-state index contributed by atoms with van der Waals surface area (Å²) in [7, 11) is 0. The number of nitrogens with zero attached hydrogens (tertiary/aromatic N) is 3. The van der Waals surface area contributed by atoms with E-state index in [1.165, 1.54) is 0 Å². The lowest BCUT2D eigenvalue weighted by Crippen LogP contribution is -1.95. The average Bonchev–Trinajstić information content (AvgIpc) is 2.79. The summed E-state index contributed by atoms with van der Waals surface area (Å²) in [4.78, 5) is 0. The number of fused-ring (bicyclic) bond motifs is 3. The number of aromatic nitrogens is 4. The third kappa shape index (κ3) is 1.51. The highest BCUT2D eigenvalue weighted by atomic mass is 79.9. The minimum Gasteiger partial charge on any atom is -0.492 e. The van der Waals surface area contributed by atoms with E-state index in [2.05, 4.69) is 31.2 Å². The first kappa shape index (κ1) is 10.6. The van der Waals surface area contributed by atoms with Gasteiger partial charge in [-0.15, -0.1) is 5.10 Å². The fraction of sp³-hybridized carbons (Fsp3) is 0.273. The quantitative estimate of drug-likeness (QED) is 0.791. The van der Waals surface area contributed by atoms with Crippen molar-refractivity contribution in [1.29, 1.82) is 0 Å². The summed E-state index contributed by atoms with van der Waals surface area (Å²) >= 11 is 3.55. The molecule has 0 saturated heterocycles. The highest BCUT2D eigenvalue weighted by molar-refractivity contribution is 9.10. The number of rotatable bonds is 2. The summed E-state index contributed by atoms with van der Waals surface area (Å²) in [6.45, 7) is 4.56. The van der Waals surface area contributed by atoms with E-state index in [4.69, 9.17) is 4.74 Å². The highest BCUT2D eigenvalue weighted by Gasteiger charge is 2.14. The molecule has 0 amide bonds. The molecule has 0 aromatic carbocycles. The molecule has 5 nitrogen and oxygen atoms in total. The second kappa shape index (κ2) is 3.73. The number of nitrogens with one attached hydrogen (secondary N) is 1. The summed E-state index contributed by atoms with van der Waals surface area (Å²) in [6, 6.07) is 1.95. The standard InChI is InChI=1S/C11H11BrN4O/c1-3-17-7-4-8(12)10-9-6(2)13-14-11(9)15-16(10)5-7/h4-5H,3H2,1-2H3,(H,14,15). The smallest absolute Gasteiger partial charge is 0.178 e. The number of ether oxygens (including phenoxy) is 1. The van der Waals surface area contributed by atoms with E-state index in [1.807, 2.05) is 30.6 Å². The molecule has 0 aliphatic heterocycles. The number of aryl methyl sites for hydroxylation is 1. The summed E-state index contributed by atoms with van der Waals surface area (Å²) in [6.07, 6.45) is 1.87. The minimum atomic E-state index is 0.637. The Morgan fingerprint density at radius 3 is 3.12 bits per heavy atom. The monoisotopic (exact) mass is 294 g/mol. The van der Waals surface area contributed by atoms with Crippen LogP contribution in [0.5, 0.6) is 5.75 Å². The van der Waals surface area contributed by atoms with Crippen molar-refractivity contribution in [2.75, 3.05) is 6.61 Å². The molecule has 0 unspecified atom stereocenters. The van der Waals surface area contributed by atoms with Gasteiger partial charge in [-0.3, -0.25) is 5.10 Å². The van der Waals surface area contributed by atoms with Crippen LogP contribution in [-0.2, 0) is 0 Å². The lowest BCUT2D eigenvalue weighted by atomic mass is 10.2. The molecule has 0 aliphatic carbocycles. The van der Waals surface area contributed by atoms with Crippen molar-refractivity contribution in [3.05, 3.63) is 22.4 Å². The molecule has 6 heteroatoms. The molecule has 0 saturated carbocycles. The van der Waals surface area contributed by atoms with Crippen LogP contribution in [0.2, 0.25) is 0 Å². The largest absolute Gasteiger partial charge is 0.492 e. The number of pyridine rings is 1. The lowest BCUT2D eigenvalue weighted by molar-refractivity contribution is 0.338. The van der Waals surface area contributed by atoms with Gasteiger partial charge in [0.25, 0.3) is 0 Å². The number of aromatic amines is 1. The van der Waals surface area contributed by atoms with E-state index < -0.39 is 0 Å². The van der Waals surface area contributed by atoms with Crippen molar-refractivity contribution in [3.8, 4) is 5.75 Å². The van der Waals surface area contributed by atoms with Gasteiger partial charge in [0.1, 0.15) is 5.75 Å². The molecule has 0 aliphatic rings. The maximum atomic E-state index is 5.48. The number of hydrogen-bond donors (Lipinski definition) is 1. The van der Waals surface area contributed by atoms with Crippen molar-refractivity contribution in [2.45, 2.75) is 13.8 Å². The highest BCUT2D eigenvalue weighted by Crippen LogP contribution is 2.30. The topological polar surface area (TPSA) is 55.2 Å². The molecule has 3 aromatic heterocycles. The Morgan fingerprint density at radius 1 is 1.53 bits per heavy atom. The van der Waals surface area contributed by atoms with Crippen molar-refractivity contribution >= 4 is 32.5 Å². The zero-order chi connectivity index (χ0) is 12.0. The zero-order valence-corrected chi connectivity index (χ0v) is 11.1. The maximum absolute atomic E-state index is 5.48. The van der Waals surface area contributed by atoms with E-state index >= 15 is 0 Å². The van der Waals surface area contributed by atoms with Crippen molar-refractivity contribution in [3.63, 3.8) is 0 Å². The minimum absolute atomic E-state index is 0.637. The Kier molecular flexibility index (Phi) is 2.32. The van der Waals surface area contributed by atoms with Crippen LogP contribution >= 0.6 is 15.9 Å². The van der Waals surface area contributed by atoms with Gasteiger partial charge in [-0.2, -0.15) is 5.10 Å². The number of H-pyrrole nitrogens is 1. The van der Waals surface area contributed by atoms with Gasteiger partial charge in [0.2, 0.25) is 0 Å². The van der Waals surface area contributed by atoms with E-state index in [0.29, 0.717) is 6.61 Å². The summed E-state index contributed by atoms with van der Waals surface area (Å²) in [5.41, 5.74) is 2.74. The van der Waals surface area contributed by atoms with Crippen LogP contribution in [0, 0.1) is 6.92 Å². The molecule has 3 aromatic rings. The molecule has 0 spiro atoms. The number of halogens is 1. The Morgan fingerprint density at radius 2 is 2.35 bits per heavy atom. The van der Waals surface area contributed by atoms with Crippen LogP contribution in [0.25, 0.3) is 16.6 Å². The van der Waals surface area contributed by atoms with Gasteiger partial charge in [0, 0.05) is 4.47 Å². The first-order chi connectivity index (χ1) is 8.20. The average molecular weight is 295 g/mol. The van der Waals surface area contributed by atoms with Gasteiger partial charge < -0.3 is 4.74 Å². The Hall–Kier alpha value is -1.56. The molecule has 0 fully saturated rings. The van der Waals surface area contributed by atoms with Crippen LogP contribution in [0.4, 0.5) is 0 Å². The van der Waals surface area contributed by atoms with Crippen LogP contribution in [-0.4, -0.2) is 26.4 Å². The molecule has 3 heterocycles. The van der Waals surface area contributed by atoms with Crippen molar-refractivity contribution < 1.29 is 4.74 Å². The molecule has 17 heavy (non-hydrogen) atoms. The van der Waals surface area contributed by atoms with Gasteiger partial charge in [-0.25, -0.2) is 4.52 Å². The van der Waals surface area contributed by atoms with Crippen molar-refractivity contribution in [2.24, 2.45) is 0 Å². The van der Waals surface area contributed by atoms with E-state index in [9.17, 15) is 0 Å². The molecular weight excluding hydrogens is 284 g/mol. The fourth-order valence-electron chi connectivity index (χ4n) is 1.97. The van der Waals surface area contributed by atoms with Crippen LogP contribution < -0.4 is 4.74 Å². The predicted molar refractivity (Wildman–Crippen MR) is 68.4 cm³/mol. The normalized spacial score (nSPS) is 11.5. The lowest BCUT2D eigenvalue weighted by Gasteiger charge is -2.05. The Labute approximate surface area is 106 Å². The van der Waals surface area contributed by atoms with Crippen molar-refractivity contribution in [1.82, 2.24) is 19.8 Å². The van der Waals surface area contributed by atoms with Gasteiger partial charge in [0.15, 0.2) is 5.65 Å². The van der Waals surface area contributed by atoms with Gasteiger partial charge in [-0.1, -0.05) is 0 Å². The molecule has 3 rings (SSSR count). The zero-order valence-electron chi connectivity index (χ0n) is 9.49. The van der Waals surface area contributed by atoms with Crippen LogP contribution in [0.1, 0.15) is 12.6 Å². The summed E-state index contributed by atoms with van der Waals surface area (Å²) < 4.78 is 8.25. The van der Waals surface area contributed by atoms with Gasteiger partial charge in [0.05, 0.1) is 29.4 Å². The first-order valence-corrected chi connectivity index (χ1v) is 6.15. The molecular formula is C11H11BrN4O. The van der Waals surface area contributed by atoms with Gasteiger partial charge in [-0.05, 0) is 35.8 Å². The first-order valence-electron chi connectivity index (χ1n) is 5.36. The van der Waals surface area contributed by atoms with Gasteiger partial charge >= 0.3 is 0 Å².